The zero-order chi connectivity index (χ0) is 44.8. The Morgan fingerprint density at radius 3 is 1.06 bits per heavy atom. The highest BCUT2D eigenvalue weighted by Gasteiger charge is 2.18. The number of carbonyl (C=O) groups excluding carboxylic acids is 3. The van der Waals surface area contributed by atoms with Crippen LogP contribution in [-0.4, -0.2) is 30.7 Å². The summed E-state index contributed by atoms with van der Waals surface area (Å²) in [7, 11) is 0. The molecule has 0 aliphatic rings. The van der Waals surface area contributed by atoms with Crippen LogP contribution in [0, 0.1) is 0 Å². The normalized spacial score (nSPS) is 10.8. The standard InChI is InChI=1S/C55H60N2O7/c1-3-48-45(25-29-50(61-37-41-17-9-5-10-18-41)54(48)63-39-43-21-13-7-14-22-43)33-35-56-52(59)31-27-47(58)28-32-53(60)57-36-34-46-26-30-51(62-38-42-19-11-6-12-20-42)55(49(46)4-2)64-40-44-23-15-8-16-24-44/h5-26,29-30H,3-4,27-28,31-40H2,1-2H3,(H,56,59)(H,57,60). The molecule has 6 aromatic carbocycles. The molecule has 332 valence electrons. The first-order chi connectivity index (χ1) is 31.4. The molecule has 2 N–H and O–H groups in total. The molecule has 0 fully saturated rings. The fourth-order valence-electron chi connectivity index (χ4n) is 7.49. The Labute approximate surface area is 378 Å². The fourth-order valence-corrected chi connectivity index (χ4v) is 7.49. The van der Waals surface area contributed by atoms with Crippen LogP contribution < -0.4 is 29.6 Å². The van der Waals surface area contributed by atoms with Crippen LogP contribution in [0.15, 0.2) is 146 Å². The van der Waals surface area contributed by atoms with Gasteiger partial charge >= 0.3 is 0 Å². The molecule has 0 unspecified atom stereocenters. The first-order valence-electron chi connectivity index (χ1n) is 22.4. The molecule has 0 aliphatic carbocycles. The lowest BCUT2D eigenvalue weighted by molar-refractivity contribution is -0.127. The quantitative estimate of drug-likeness (QED) is 0.0559. The SMILES string of the molecule is CCc1c(CCNC(=O)CCC(=O)CCC(=O)NCCc2ccc(OCc3ccccc3)c(OCc3ccccc3)c2CC)ccc(OCc2ccccc2)c1OCc1ccccc1. The van der Waals surface area contributed by atoms with Crippen molar-refractivity contribution in [3.63, 3.8) is 0 Å². The lowest BCUT2D eigenvalue weighted by atomic mass is 10.00. The third kappa shape index (κ3) is 14.6. The maximum atomic E-state index is 12.8. The van der Waals surface area contributed by atoms with E-state index in [-0.39, 0.29) is 43.3 Å². The minimum absolute atomic E-state index is 0.0678. The van der Waals surface area contributed by atoms with Gasteiger partial charge in [0, 0.05) is 49.9 Å². The Morgan fingerprint density at radius 1 is 0.406 bits per heavy atom. The predicted octanol–water partition coefficient (Wildman–Crippen LogP) is 10.3. The van der Waals surface area contributed by atoms with Crippen LogP contribution >= 0.6 is 0 Å². The molecule has 9 heteroatoms. The van der Waals surface area contributed by atoms with E-state index in [1.807, 2.05) is 146 Å². The summed E-state index contributed by atoms with van der Waals surface area (Å²) in [5.41, 5.74) is 8.44. The molecule has 0 bridgehead atoms. The minimum Gasteiger partial charge on any atom is -0.485 e. The maximum absolute atomic E-state index is 12.8. The number of hydrogen-bond acceptors (Lipinski definition) is 7. The number of ether oxygens (including phenoxy) is 4. The highest BCUT2D eigenvalue weighted by Crippen LogP contribution is 2.37. The van der Waals surface area contributed by atoms with E-state index in [1.54, 1.807) is 0 Å². The number of Topliss-reactive ketones (excluding diaryl/α,β-unsaturated/α-hetero) is 1. The van der Waals surface area contributed by atoms with Crippen molar-refractivity contribution in [2.45, 2.75) is 91.6 Å². The van der Waals surface area contributed by atoms with E-state index in [0.717, 1.165) is 57.3 Å². The minimum atomic E-state index is -0.199. The summed E-state index contributed by atoms with van der Waals surface area (Å²) in [4.78, 5) is 38.4. The molecule has 0 saturated carbocycles. The van der Waals surface area contributed by atoms with E-state index in [1.165, 1.54) is 0 Å². The first-order valence-corrected chi connectivity index (χ1v) is 22.4. The molecular weight excluding hydrogens is 801 g/mol. The van der Waals surface area contributed by atoms with Crippen LogP contribution in [0.4, 0.5) is 0 Å². The first kappa shape index (κ1) is 46.6. The van der Waals surface area contributed by atoms with Crippen LogP contribution in [0.1, 0.15) is 84.0 Å². The molecule has 0 spiro atoms. The van der Waals surface area contributed by atoms with Gasteiger partial charge in [0.05, 0.1) is 0 Å². The van der Waals surface area contributed by atoms with Crippen molar-refractivity contribution >= 4 is 17.6 Å². The second kappa shape index (κ2) is 25.3. The highest BCUT2D eigenvalue weighted by atomic mass is 16.5. The molecule has 0 saturated heterocycles. The summed E-state index contributed by atoms with van der Waals surface area (Å²) in [6.45, 7) is 6.63. The Balaban J connectivity index is 0.945. The van der Waals surface area contributed by atoms with Gasteiger partial charge in [0.1, 0.15) is 32.2 Å². The largest absolute Gasteiger partial charge is 0.485 e. The zero-order valence-electron chi connectivity index (χ0n) is 37.1. The number of ketones is 1. The molecule has 2 amide bonds. The summed E-state index contributed by atoms with van der Waals surface area (Å²) in [6, 6.07) is 48.0. The predicted molar refractivity (Wildman–Crippen MR) is 252 cm³/mol. The van der Waals surface area contributed by atoms with Gasteiger partial charge < -0.3 is 29.6 Å². The Kier molecular flexibility index (Phi) is 18.4. The van der Waals surface area contributed by atoms with Crippen molar-refractivity contribution in [3.8, 4) is 23.0 Å². The Hall–Kier alpha value is -6.87. The van der Waals surface area contributed by atoms with Crippen molar-refractivity contribution < 1.29 is 33.3 Å². The average molecular weight is 861 g/mol. The number of rotatable bonds is 26. The van der Waals surface area contributed by atoms with Gasteiger partial charge in [-0.05, 0) is 71.2 Å². The van der Waals surface area contributed by atoms with Crippen molar-refractivity contribution in [1.29, 1.82) is 0 Å². The lowest BCUT2D eigenvalue weighted by Crippen LogP contribution is -2.27. The van der Waals surface area contributed by atoms with E-state index >= 15 is 0 Å². The number of hydrogen-bond donors (Lipinski definition) is 2. The van der Waals surface area contributed by atoms with Crippen LogP contribution in [0.2, 0.25) is 0 Å². The van der Waals surface area contributed by atoms with Gasteiger partial charge in [0.15, 0.2) is 23.0 Å². The van der Waals surface area contributed by atoms with Gasteiger partial charge in [-0.1, -0.05) is 147 Å². The molecule has 6 rings (SSSR count). The van der Waals surface area contributed by atoms with Crippen LogP contribution in [0.3, 0.4) is 0 Å². The van der Waals surface area contributed by atoms with Gasteiger partial charge in [0.25, 0.3) is 0 Å². The summed E-state index contributed by atoms with van der Waals surface area (Å²) in [5.74, 6) is 2.26. The molecule has 0 aliphatic heterocycles. The van der Waals surface area contributed by atoms with Crippen molar-refractivity contribution in [1.82, 2.24) is 10.6 Å². The van der Waals surface area contributed by atoms with Crippen LogP contribution in [0.25, 0.3) is 0 Å². The molecule has 64 heavy (non-hydrogen) atoms. The molecule has 0 radical (unpaired) electrons. The zero-order valence-corrected chi connectivity index (χ0v) is 37.1. The third-order valence-corrected chi connectivity index (χ3v) is 11.0. The van der Waals surface area contributed by atoms with Crippen LogP contribution in [-0.2, 0) is 66.5 Å². The second-order valence-electron chi connectivity index (χ2n) is 15.6. The van der Waals surface area contributed by atoms with E-state index < -0.39 is 0 Å². The molecule has 0 aromatic heterocycles. The molecular formula is C55H60N2O7. The Morgan fingerprint density at radius 2 is 0.734 bits per heavy atom. The highest BCUT2D eigenvalue weighted by molar-refractivity contribution is 5.88. The lowest BCUT2D eigenvalue weighted by Gasteiger charge is -2.19. The summed E-state index contributed by atoms with van der Waals surface area (Å²) in [5, 5.41) is 5.95. The third-order valence-electron chi connectivity index (χ3n) is 11.0. The van der Waals surface area contributed by atoms with Gasteiger partial charge in [-0.3, -0.25) is 14.4 Å². The fraction of sp³-hybridized carbons (Fsp3) is 0.291. The molecule has 0 heterocycles. The van der Waals surface area contributed by atoms with Gasteiger partial charge in [0.2, 0.25) is 11.8 Å². The van der Waals surface area contributed by atoms with E-state index in [2.05, 4.69) is 24.5 Å². The van der Waals surface area contributed by atoms with Crippen LogP contribution in [0.5, 0.6) is 23.0 Å². The molecule has 6 aromatic rings. The van der Waals surface area contributed by atoms with Gasteiger partial charge in [-0.25, -0.2) is 0 Å². The van der Waals surface area contributed by atoms with Crippen molar-refractivity contribution in [3.05, 3.63) is 190 Å². The molecule has 0 atom stereocenters. The molecule has 9 nitrogen and oxygen atoms in total. The number of benzene rings is 6. The average Bonchev–Trinajstić information content (AvgIpc) is 3.34. The number of amides is 2. The van der Waals surface area contributed by atoms with E-state index in [0.29, 0.717) is 75.4 Å². The van der Waals surface area contributed by atoms with E-state index in [9.17, 15) is 14.4 Å². The smallest absolute Gasteiger partial charge is 0.220 e. The number of carbonyl (C=O) groups is 3. The van der Waals surface area contributed by atoms with Gasteiger partial charge in [-0.2, -0.15) is 0 Å². The van der Waals surface area contributed by atoms with Gasteiger partial charge in [-0.15, -0.1) is 0 Å². The Bertz CT molecular complexity index is 2200. The van der Waals surface area contributed by atoms with Crippen molar-refractivity contribution in [2.24, 2.45) is 0 Å². The summed E-state index contributed by atoms with van der Waals surface area (Å²) < 4.78 is 25.4. The summed E-state index contributed by atoms with van der Waals surface area (Å²) in [6.07, 6.45) is 2.93. The maximum Gasteiger partial charge on any atom is 0.220 e. The topological polar surface area (TPSA) is 112 Å². The van der Waals surface area contributed by atoms with Crippen molar-refractivity contribution in [2.75, 3.05) is 13.1 Å². The second-order valence-corrected chi connectivity index (χ2v) is 15.6. The number of nitrogens with one attached hydrogen (secondary N) is 2. The monoisotopic (exact) mass is 860 g/mol. The summed E-state index contributed by atoms with van der Waals surface area (Å²) >= 11 is 0. The van der Waals surface area contributed by atoms with E-state index in [4.69, 9.17) is 18.9 Å².